The van der Waals surface area contributed by atoms with Gasteiger partial charge in [-0.2, -0.15) is 0 Å². The van der Waals surface area contributed by atoms with E-state index in [2.05, 4.69) is 24.4 Å². The van der Waals surface area contributed by atoms with E-state index in [1.165, 1.54) is 0 Å². The van der Waals surface area contributed by atoms with Crippen LogP contribution in [0.1, 0.15) is 38.7 Å². The SMILES string of the molecule is Cc1ccccc1[C@H](NC(=O)c1cccc(OCc2ccccc2)c1)c1ccccc1. The summed E-state index contributed by atoms with van der Waals surface area (Å²) in [4.78, 5) is 13.2. The van der Waals surface area contributed by atoms with Crippen LogP contribution in [-0.4, -0.2) is 5.91 Å². The zero-order valence-corrected chi connectivity index (χ0v) is 17.5. The summed E-state index contributed by atoms with van der Waals surface area (Å²) >= 11 is 0. The highest BCUT2D eigenvalue weighted by molar-refractivity contribution is 5.95. The Hall–Kier alpha value is -3.85. The number of carbonyl (C=O) groups is 1. The van der Waals surface area contributed by atoms with Gasteiger partial charge in [0.1, 0.15) is 12.4 Å². The Bertz CT molecular complexity index is 1140. The molecule has 0 aliphatic carbocycles. The second kappa shape index (κ2) is 9.77. The third kappa shape index (κ3) is 5.20. The number of hydrogen-bond donors (Lipinski definition) is 1. The molecular weight excluding hydrogens is 382 g/mol. The van der Waals surface area contributed by atoms with Gasteiger partial charge < -0.3 is 10.1 Å². The van der Waals surface area contributed by atoms with Crippen molar-refractivity contribution in [3.8, 4) is 5.75 Å². The Labute approximate surface area is 183 Å². The molecule has 3 nitrogen and oxygen atoms in total. The third-order valence-electron chi connectivity index (χ3n) is 5.25. The predicted molar refractivity (Wildman–Crippen MR) is 124 cm³/mol. The summed E-state index contributed by atoms with van der Waals surface area (Å²) < 4.78 is 5.90. The summed E-state index contributed by atoms with van der Waals surface area (Å²) in [5.41, 5.74) is 4.91. The zero-order chi connectivity index (χ0) is 21.5. The van der Waals surface area contributed by atoms with E-state index in [0.717, 1.165) is 22.3 Å². The van der Waals surface area contributed by atoms with Crippen LogP contribution >= 0.6 is 0 Å². The first-order valence-corrected chi connectivity index (χ1v) is 10.4. The van der Waals surface area contributed by atoms with Crippen molar-refractivity contribution in [2.75, 3.05) is 0 Å². The van der Waals surface area contributed by atoms with Crippen molar-refractivity contribution in [2.24, 2.45) is 0 Å². The molecule has 1 N–H and O–H groups in total. The molecule has 0 aliphatic heterocycles. The van der Waals surface area contributed by atoms with Gasteiger partial charge in [-0.05, 0) is 47.4 Å². The van der Waals surface area contributed by atoms with E-state index in [4.69, 9.17) is 4.74 Å². The highest BCUT2D eigenvalue weighted by Crippen LogP contribution is 2.25. The molecule has 0 aliphatic rings. The van der Waals surface area contributed by atoms with Gasteiger partial charge in [-0.25, -0.2) is 0 Å². The van der Waals surface area contributed by atoms with Crippen LogP contribution in [0.2, 0.25) is 0 Å². The molecule has 154 valence electrons. The number of ether oxygens (including phenoxy) is 1. The summed E-state index contributed by atoms with van der Waals surface area (Å²) in [6.45, 7) is 2.53. The van der Waals surface area contributed by atoms with Crippen LogP contribution in [0.3, 0.4) is 0 Å². The van der Waals surface area contributed by atoms with Gasteiger partial charge in [-0.3, -0.25) is 4.79 Å². The zero-order valence-electron chi connectivity index (χ0n) is 17.5. The molecule has 0 unspecified atom stereocenters. The number of hydrogen-bond acceptors (Lipinski definition) is 2. The number of rotatable bonds is 7. The molecule has 4 aromatic carbocycles. The first-order valence-electron chi connectivity index (χ1n) is 10.4. The van der Waals surface area contributed by atoms with Crippen molar-refractivity contribution in [1.29, 1.82) is 0 Å². The van der Waals surface area contributed by atoms with E-state index >= 15 is 0 Å². The molecule has 1 amide bonds. The van der Waals surface area contributed by atoms with Gasteiger partial charge in [0.05, 0.1) is 6.04 Å². The van der Waals surface area contributed by atoms with Gasteiger partial charge >= 0.3 is 0 Å². The normalized spacial score (nSPS) is 11.5. The lowest BCUT2D eigenvalue weighted by molar-refractivity contribution is 0.0942. The van der Waals surface area contributed by atoms with Crippen molar-refractivity contribution >= 4 is 5.91 Å². The van der Waals surface area contributed by atoms with Crippen LogP contribution in [0.4, 0.5) is 0 Å². The van der Waals surface area contributed by atoms with Gasteiger partial charge in [0.2, 0.25) is 0 Å². The third-order valence-corrected chi connectivity index (χ3v) is 5.25. The van der Waals surface area contributed by atoms with Gasteiger partial charge in [-0.15, -0.1) is 0 Å². The molecule has 1 atom stereocenters. The average Bonchev–Trinajstić information content (AvgIpc) is 2.83. The monoisotopic (exact) mass is 407 g/mol. The number of carbonyl (C=O) groups excluding carboxylic acids is 1. The second-order valence-electron chi connectivity index (χ2n) is 7.48. The van der Waals surface area contributed by atoms with E-state index in [-0.39, 0.29) is 11.9 Å². The Balaban J connectivity index is 1.54. The van der Waals surface area contributed by atoms with Gasteiger partial charge in [0.25, 0.3) is 5.91 Å². The van der Waals surface area contributed by atoms with Crippen LogP contribution in [-0.2, 0) is 6.61 Å². The number of amides is 1. The molecule has 31 heavy (non-hydrogen) atoms. The molecule has 0 saturated carbocycles. The minimum atomic E-state index is -0.233. The lowest BCUT2D eigenvalue weighted by Gasteiger charge is -2.22. The van der Waals surface area contributed by atoms with Crippen molar-refractivity contribution < 1.29 is 9.53 Å². The Morgan fingerprint density at radius 2 is 1.48 bits per heavy atom. The number of aryl methyl sites for hydroxylation is 1. The molecular formula is C28H25NO2. The number of benzene rings is 4. The van der Waals surface area contributed by atoms with Gasteiger partial charge in [0.15, 0.2) is 0 Å². The fourth-order valence-corrected chi connectivity index (χ4v) is 3.58. The lowest BCUT2D eigenvalue weighted by Crippen LogP contribution is -2.29. The molecule has 0 saturated heterocycles. The molecule has 0 spiro atoms. The van der Waals surface area contributed by atoms with Crippen molar-refractivity contribution in [3.05, 3.63) is 137 Å². The maximum Gasteiger partial charge on any atom is 0.252 e. The molecule has 4 rings (SSSR count). The van der Waals surface area contributed by atoms with Gasteiger partial charge in [0, 0.05) is 5.56 Å². The lowest BCUT2D eigenvalue weighted by atomic mass is 9.94. The van der Waals surface area contributed by atoms with Crippen molar-refractivity contribution in [3.63, 3.8) is 0 Å². The maximum absolute atomic E-state index is 13.2. The summed E-state index contributed by atoms with van der Waals surface area (Å²) in [5.74, 6) is 0.533. The molecule has 0 fully saturated rings. The summed E-state index contributed by atoms with van der Waals surface area (Å²) in [5, 5.41) is 3.21. The van der Waals surface area contributed by atoms with E-state index < -0.39 is 0 Å². The van der Waals surface area contributed by atoms with Crippen LogP contribution in [0, 0.1) is 6.92 Å². The molecule has 3 heteroatoms. The summed E-state index contributed by atoms with van der Waals surface area (Å²) in [7, 11) is 0. The fourth-order valence-electron chi connectivity index (χ4n) is 3.58. The first-order chi connectivity index (χ1) is 15.2. The van der Waals surface area contributed by atoms with Crippen LogP contribution in [0.15, 0.2) is 109 Å². The van der Waals surface area contributed by atoms with E-state index in [0.29, 0.717) is 17.9 Å². The maximum atomic E-state index is 13.2. The van der Waals surface area contributed by atoms with Crippen LogP contribution < -0.4 is 10.1 Å². The first kappa shape index (κ1) is 20.4. The molecule has 0 aromatic heterocycles. The molecule has 0 radical (unpaired) electrons. The van der Waals surface area contributed by atoms with Crippen molar-refractivity contribution in [2.45, 2.75) is 19.6 Å². The van der Waals surface area contributed by atoms with E-state index in [9.17, 15) is 4.79 Å². The average molecular weight is 408 g/mol. The Kier molecular flexibility index (Phi) is 6.44. The standard InChI is InChI=1S/C28H25NO2/c1-21-11-8-9-18-26(21)27(23-14-6-3-7-15-23)29-28(30)24-16-10-17-25(19-24)31-20-22-12-4-2-5-13-22/h2-19,27H,20H2,1H3,(H,29,30)/t27-/m1/s1. The van der Waals surface area contributed by atoms with Crippen LogP contribution in [0.5, 0.6) is 5.75 Å². The Morgan fingerprint density at radius 3 is 2.23 bits per heavy atom. The smallest absolute Gasteiger partial charge is 0.252 e. The topological polar surface area (TPSA) is 38.3 Å². The second-order valence-corrected chi connectivity index (χ2v) is 7.48. The van der Waals surface area contributed by atoms with Crippen molar-refractivity contribution in [1.82, 2.24) is 5.32 Å². The highest BCUT2D eigenvalue weighted by Gasteiger charge is 2.19. The van der Waals surface area contributed by atoms with Gasteiger partial charge in [-0.1, -0.05) is 91.0 Å². The molecule has 0 heterocycles. The number of nitrogens with one attached hydrogen (secondary N) is 1. The summed E-state index contributed by atoms with van der Waals surface area (Å²) in [6, 6.07) is 35.2. The summed E-state index contributed by atoms with van der Waals surface area (Å²) in [6.07, 6.45) is 0. The minimum absolute atomic E-state index is 0.137. The molecule has 0 bridgehead atoms. The van der Waals surface area contributed by atoms with E-state index in [1.807, 2.05) is 91.0 Å². The minimum Gasteiger partial charge on any atom is -0.489 e. The largest absolute Gasteiger partial charge is 0.489 e. The quantitative estimate of drug-likeness (QED) is 0.402. The highest BCUT2D eigenvalue weighted by atomic mass is 16.5. The predicted octanol–water partition coefficient (Wildman–Crippen LogP) is 6.09. The molecule has 4 aromatic rings. The fraction of sp³-hybridized carbons (Fsp3) is 0.107. The van der Waals surface area contributed by atoms with Crippen LogP contribution in [0.25, 0.3) is 0 Å². The Morgan fingerprint density at radius 1 is 0.806 bits per heavy atom. The van der Waals surface area contributed by atoms with E-state index in [1.54, 1.807) is 6.07 Å².